The molecule has 2 N–H and O–H groups in total. The van der Waals surface area contributed by atoms with Crippen molar-refractivity contribution in [2.45, 2.75) is 38.2 Å². The second-order valence-electron chi connectivity index (χ2n) is 5.61. The lowest BCUT2D eigenvalue weighted by Gasteiger charge is -2.38. The van der Waals surface area contributed by atoms with Gasteiger partial charge in [-0.25, -0.2) is 4.79 Å². The lowest BCUT2D eigenvalue weighted by molar-refractivity contribution is -0.153. The minimum absolute atomic E-state index is 0.118. The molecule has 0 aromatic rings. The maximum atomic E-state index is 11.9. The smallest absolute Gasteiger partial charge is 0.317 e. The molecule has 2 fully saturated rings. The SMILES string of the molecule is CN(CC1CCCO1)C(=O)NCC1(C(=O)O)CCC1. The first-order chi connectivity index (χ1) is 9.03. The zero-order chi connectivity index (χ0) is 13.9. The number of aliphatic carboxylic acids is 1. The van der Waals surface area contributed by atoms with Crippen molar-refractivity contribution in [2.75, 3.05) is 26.7 Å². The highest BCUT2D eigenvalue weighted by Gasteiger charge is 2.44. The number of amides is 2. The van der Waals surface area contributed by atoms with Crippen LogP contribution in [0.4, 0.5) is 4.79 Å². The van der Waals surface area contributed by atoms with E-state index >= 15 is 0 Å². The summed E-state index contributed by atoms with van der Waals surface area (Å²) in [5.41, 5.74) is -0.736. The van der Waals surface area contributed by atoms with Gasteiger partial charge in [0.05, 0.1) is 11.5 Å². The number of carbonyl (C=O) groups excluding carboxylic acids is 1. The Morgan fingerprint density at radius 1 is 1.42 bits per heavy atom. The summed E-state index contributed by atoms with van der Waals surface area (Å²) in [4.78, 5) is 24.7. The molecule has 108 valence electrons. The van der Waals surface area contributed by atoms with Crippen LogP contribution in [0.15, 0.2) is 0 Å². The standard InChI is InChI=1S/C13H22N2O4/c1-15(8-10-4-2-7-19-10)12(18)14-9-13(11(16)17)5-3-6-13/h10H,2-9H2,1H3,(H,14,18)(H,16,17). The van der Waals surface area contributed by atoms with Gasteiger partial charge in [-0.2, -0.15) is 0 Å². The predicted octanol–water partition coefficient (Wildman–Crippen LogP) is 1.06. The number of nitrogens with zero attached hydrogens (tertiary/aromatic N) is 1. The highest BCUT2D eigenvalue weighted by molar-refractivity contribution is 5.78. The van der Waals surface area contributed by atoms with Crippen LogP contribution in [-0.2, 0) is 9.53 Å². The number of carbonyl (C=O) groups is 2. The quantitative estimate of drug-likeness (QED) is 0.783. The molecule has 6 heteroatoms. The van der Waals surface area contributed by atoms with Crippen LogP contribution < -0.4 is 5.32 Å². The highest BCUT2D eigenvalue weighted by atomic mass is 16.5. The second kappa shape index (κ2) is 5.77. The molecule has 1 aliphatic carbocycles. The molecule has 1 aliphatic heterocycles. The van der Waals surface area contributed by atoms with Crippen LogP contribution in [0.1, 0.15) is 32.1 Å². The molecular formula is C13H22N2O4. The Hall–Kier alpha value is -1.30. The van der Waals surface area contributed by atoms with Crippen molar-refractivity contribution in [3.63, 3.8) is 0 Å². The molecule has 0 spiro atoms. The molecule has 1 unspecified atom stereocenters. The topological polar surface area (TPSA) is 78.9 Å². The number of carboxylic acids is 1. The number of urea groups is 1. The molecule has 2 rings (SSSR count). The van der Waals surface area contributed by atoms with E-state index in [9.17, 15) is 14.7 Å². The molecule has 0 aromatic carbocycles. The van der Waals surface area contributed by atoms with Crippen LogP contribution in [0.2, 0.25) is 0 Å². The Bertz CT molecular complexity index is 349. The minimum atomic E-state index is -0.805. The summed E-state index contributed by atoms with van der Waals surface area (Å²) in [6.07, 6.45) is 4.37. The molecule has 1 saturated heterocycles. The van der Waals surface area contributed by atoms with Crippen LogP contribution in [0.3, 0.4) is 0 Å². The Morgan fingerprint density at radius 2 is 2.16 bits per heavy atom. The molecule has 6 nitrogen and oxygen atoms in total. The van der Waals surface area contributed by atoms with E-state index < -0.39 is 11.4 Å². The second-order valence-corrected chi connectivity index (χ2v) is 5.61. The zero-order valence-electron chi connectivity index (χ0n) is 11.4. The van der Waals surface area contributed by atoms with Crippen molar-refractivity contribution in [3.8, 4) is 0 Å². The Kier molecular flexibility index (Phi) is 4.29. The summed E-state index contributed by atoms with van der Waals surface area (Å²) in [7, 11) is 1.71. The van der Waals surface area contributed by atoms with E-state index in [2.05, 4.69) is 5.32 Å². The van der Waals surface area contributed by atoms with Gasteiger partial charge in [0.2, 0.25) is 0 Å². The van der Waals surface area contributed by atoms with Crippen LogP contribution in [0.25, 0.3) is 0 Å². The van der Waals surface area contributed by atoms with Crippen LogP contribution in [-0.4, -0.2) is 54.9 Å². The first-order valence-corrected chi connectivity index (χ1v) is 6.87. The van der Waals surface area contributed by atoms with E-state index in [0.29, 0.717) is 19.4 Å². The van der Waals surface area contributed by atoms with E-state index in [0.717, 1.165) is 25.9 Å². The minimum Gasteiger partial charge on any atom is -0.481 e. The van der Waals surface area contributed by atoms with Gasteiger partial charge in [0.15, 0.2) is 0 Å². The number of nitrogens with one attached hydrogen (secondary N) is 1. The van der Waals surface area contributed by atoms with E-state index in [4.69, 9.17) is 4.74 Å². The summed E-state index contributed by atoms with van der Waals surface area (Å²) in [6.45, 7) is 1.55. The van der Waals surface area contributed by atoms with Crippen LogP contribution in [0, 0.1) is 5.41 Å². The molecule has 0 bridgehead atoms. The van der Waals surface area contributed by atoms with Gasteiger partial charge in [0.25, 0.3) is 0 Å². The fraction of sp³-hybridized carbons (Fsp3) is 0.846. The zero-order valence-corrected chi connectivity index (χ0v) is 11.4. The van der Waals surface area contributed by atoms with E-state index in [1.807, 2.05) is 0 Å². The van der Waals surface area contributed by atoms with Crippen molar-refractivity contribution in [2.24, 2.45) is 5.41 Å². The van der Waals surface area contributed by atoms with Crippen LogP contribution >= 0.6 is 0 Å². The molecule has 1 saturated carbocycles. The normalized spacial score (nSPS) is 24.6. The Labute approximate surface area is 113 Å². The maximum Gasteiger partial charge on any atom is 0.317 e. The van der Waals surface area contributed by atoms with Gasteiger partial charge in [0.1, 0.15) is 0 Å². The van der Waals surface area contributed by atoms with Crippen molar-refractivity contribution in [1.82, 2.24) is 10.2 Å². The van der Waals surface area contributed by atoms with E-state index in [1.54, 1.807) is 11.9 Å². The average molecular weight is 270 g/mol. The van der Waals surface area contributed by atoms with Gasteiger partial charge >= 0.3 is 12.0 Å². The van der Waals surface area contributed by atoms with Gasteiger partial charge in [0, 0.05) is 26.7 Å². The summed E-state index contributed by atoms with van der Waals surface area (Å²) >= 11 is 0. The van der Waals surface area contributed by atoms with Crippen molar-refractivity contribution in [3.05, 3.63) is 0 Å². The fourth-order valence-corrected chi connectivity index (χ4v) is 2.63. The Morgan fingerprint density at radius 3 is 2.63 bits per heavy atom. The van der Waals surface area contributed by atoms with Gasteiger partial charge in [-0.05, 0) is 25.7 Å². The number of hydrogen-bond acceptors (Lipinski definition) is 3. The van der Waals surface area contributed by atoms with Gasteiger partial charge in [-0.1, -0.05) is 6.42 Å². The van der Waals surface area contributed by atoms with Crippen LogP contribution in [0.5, 0.6) is 0 Å². The lowest BCUT2D eigenvalue weighted by atomic mass is 9.69. The molecule has 1 atom stereocenters. The summed E-state index contributed by atoms with van der Waals surface area (Å²) in [5.74, 6) is -0.805. The average Bonchev–Trinajstić information content (AvgIpc) is 2.79. The van der Waals surface area contributed by atoms with E-state index in [1.165, 1.54) is 0 Å². The number of likely N-dealkylation sites (N-methyl/N-ethyl adjacent to an activating group) is 1. The first-order valence-electron chi connectivity index (χ1n) is 6.87. The fourth-order valence-electron chi connectivity index (χ4n) is 2.63. The molecule has 2 amide bonds. The highest BCUT2D eigenvalue weighted by Crippen LogP contribution is 2.40. The van der Waals surface area contributed by atoms with Crippen molar-refractivity contribution in [1.29, 1.82) is 0 Å². The summed E-state index contributed by atoms with van der Waals surface area (Å²) in [5, 5.41) is 11.9. The number of hydrogen-bond donors (Lipinski definition) is 2. The molecular weight excluding hydrogens is 248 g/mol. The Balaban J connectivity index is 1.75. The summed E-state index contributed by atoms with van der Waals surface area (Å²) < 4.78 is 5.47. The third-order valence-electron chi connectivity index (χ3n) is 4.19. The molecule has 2 aliphatic rings. The number of ether oxygens (including phenoxy) is 1. The van der Waals surface area contributed by atoms with Gasteiger partial charge in [-0.3, -0.25) is 4.79 Å². The third-order valence-corrected chi connectivity index (χ3v) is 4.19. The third kappa shape index (κ3) is 3.18. The number of rotatable bonds is 5. The predicted molar refractivity (Wildman–Crippen MR) is 68.9 cm³/mol. The monoisotopic (exact) mass is 270 g/mol. The molecule has 1 heterocycles. The maximum absolute atomic E-state index is 11.9. The molecule has 19 heavy (non-hydrogen) atoms. The van der Waals surface area contributed by atoms with Gasteiger partial charge < -0.3 is 20.1 Å². The first kappa shape index (κ1) is 14.1. The van der Waals surface area contributed by atoms with E-state index in [-0.39, 0.29) is 18.7 Å². The molecule has 0 radical (unpaired) electrons. The number of carboxylic acid groups (broad SMARTS) is 1. The van der Waals surface area contributed by atoms with Crippen molar-refractivity contribution < 1.29 is 19.4 Å². The summed E-state index contributed by atoms with van der Waals surface area (Å²) in [6, 6.07) is -0.219. The van der Waals surface area contributed by atoms with Gasteiger partial charge in [-0.15, -0.1) is 0 Å². The van der Waals surface area contributed by atoms with Crippen molar-refractivity contribution >= 4 is 12.0 Å². The largest absolute Gasteiger partial charge is 0.481 e. The molecule has 0 aromatic heterocycles. The lowest BCUT2D eigenvalue weighted by Crippen LogP contribution is -2.50.